The zero-order valence-electron chi connectivity index (χ0n) is 17.4. The van der Waals surface area contributed by atoms with Crippen molar-refractivity contribution in [2.45, 2.75) is 12.8 Å². The SMILES string of the molecule is O=C(OCCCN1CCN(CCCO)CC1)c1c2ccccc2cc2ccccc12. The van der Waals surface area contributed by atoms with Gasteiger partial charge in [0, 0.05) is 45.9 Å². The van der Waals surface area contributed by atoms with Crippen LogP contribution in [0.25, 0.3) is 21.5 Å². The highest BCUT2D eigenvalue weighted by atomic mass is 16.5. The topological polar surface area (TPSA) is 53.0 Å². The Labute approximate surface area is 177 Å². The fourth-order valence-electron chi connectivity index (χ4n) is 4.29. The Morgan fingerprint density at radius 2 is 1.37 bits per heavy atom. The molecule has 0 unspecified atom stereocenters. The Bertz CT molecular complexity index is 942. The van der Waals surface area contributed by atoms with E-state index in [-0.39, 0.29) is 12.6 Å². The summed E-state index contributed by atoms with van der Waals surface area (Å²) in [6.07, 6.45) is 1.68. The Hall–Kier alpha value is -2.47. The molecule has 1 aliphatic rings. The van der Waals surface area contributed by atoms with Gasteiger partial charge in [0.2, 0.25) is 0 Å². The van der Waals surface area contributed by atoms with Crippen molar-refractivity contribution >= 4 is 27.5 Å². The Balaban J connectivity index is 1.34. The van der Waals surface area contributed by atoms with Gasteiger partial charge < -0.3 is 19.6 Å². The van der Waals surface area contributed by atoms with Gasteiger partial charge >= 0.3 is 5.97 Å². The molecule has 3 aromatic carbocycles. The summed E-state index contributed by atoms with van der Waals surface area (Å²) in [4.78, 5) is 17.8. The highest BCUT2D eigenvalue weighted by molar-refractivity contribution is 6.16. The lowest BCUT2D eigenvalue weighted by Gasteiger charge is -2.34. The number of nitrogens with zero attached hydrogens (tertiary/aromatic N) is 2. The van der Waals surface area contributed by atoms with Gasteiger partial charge in [0.15, 0.2) is 0 Å². The Morgan fingerprint density at radius 1 is 0.833 bits per heavy atom. The van der Waals surface area contributed by atoms with Gasteiger partial charge in [0.25, 0.3) is 0 Å². The van der Waals surface area contributed by atoms with Crippen molar-refractivity contribution in [3.63, 3.8) is 0 Å². The smallest absolute Gasteiger partial charge is 0.339 e. The quantitative estimate of drug-likeness (QED) is 0.352. The molecule has 0 spiro atoms. The van der Waals surface area contributed by atoms with Gasteiger partial charge in [-0.25, -0.2) is 4.79 Å². The largest absolute Gasteiger partial charge is 0.462 e. The van der Waals surface area contributed by atoms with Crippen molar-refractivity contribution in [3.05, 3.63) is 60.2 Å². The van der Waals surface area contributed by atoms with E-state index in [1.165, 1.54) is 0 Å². The van der Waals surface area contributed by atoms with E-state index in [0.717, 1.165) is 73.7 Å². The minimum absolute atomic E-state index is 0.239. The van der Waals surface area contributed by atoms with Gasteiger partial charge in [-0.1, -0.05) is 48.5 Å². The van der Waals surface area contributed by atoms with Crippen molar-refractivity contribution in [2.75, 3.05) is 52.5 Å². The molecule has 0 radical (unpaired) electrons. The molecule has 0 saturated carbocycles. The molecule has 4 rings (SSSR count). The van der Waals surface area contributed by atoms with Crippen molar-refractivity contribution in [2.24, 2.45) is 0 Å². The Morgan fingerprint density at radius 3 is 1.93 bits per heavy atom. The highest BCUT2D eigenvalue weighted by Crippen LogP contribution is 2.29. The molecule has 5 nitrogen and oxygen atoms in total. The maximum atomic E-state index is 13.0. The normalized spacial score (nSPS) is 15.6. The molecule has 1 fully saturated rings. The van der Waals surface area contributed by atoms with E-state index in [1.807, 2.05) is 48.5 Å². The predicted molar refractivity (Wildman–Crippen MR) is 121 cm³/mol. The molecule has 0 aliphatic carbocycles. The van der Waals surface area contributed by atoms with E-state index in [4.69, 9.17) is 9.84 Å². The fourth-order valence-corrected chi connectivity index (χ4v) is 4.29. The molecule has 5 heteroatoms. The molecule has 30 heavy (non-hydrogen) atoms. The first-order chi connectivity index (χ1) is 14.8. The van der Waals surface area contributed by atoms with E-state index in [0.29, 0.717) is 12.2 Å². The van der Waals surface area contributed by atoms with Gasteiger partial charge in [-0.2, -0.15) is 0 Å². The third kappa shape index (κ3) is 4.81. The molecule has 0 bridgehead atoms. The van der Waals surface area contributed by atoms with Crippen molar-refractivity contribution < 1.29 is 14.6 Å². The fraction of sp³-hybridized carbons (Fsp3) is 0.400. The van der Waals surface area contributed by atoms with Crippen LogP contribution >= 0.6 is 0 Å². The zero-order chi connectivity index (χ0) is 20.8. The number of aliphatic hydroxyl groups is 1. The average molecular weight is 407 g/mol. The van der Waals surface area contributed by atoms with Crippen LogP contribution in [0.3, 0.4) is 0 Å². The standard InChI is InChI=1S/C25H30N2O3/c28-17-5-11-26-13-15-27(16-14-26)12-6-18-30-25(29)24-22-9-3-1-7-20(22)19-21-8-2-4-10-23(21)24/h1-4,7-10,19,28H,5-6,11-18H2. The number of esters is 1. The summed E-state index contributed by atoms with van der Waals surface area (Å²) in [7, 11) is 0. The second-order valence-electron chi connectivity index (χ2n) is 7.94. The molecule has 0 amide bonds. The first-order valence-electron chi connectivity index (χ1n) is 10.9. The lowest BCUT2D eigenvalue weighted by molar-refractivity contribution is 0.0480. The summed E-state index contributed by atoms with van der Waals surface area (Å²) in [5.74, 6) is -0.239. The molecule has 1 aliphatic heterocycles. The number of hydrogen-bond donors (Lipinski definition) is 1. The van der Waals surface area contributed by atoms with Gasteiger partial charge in [-0.3, -0.25) is 0 Å². The molecule has 1 heterocycles. The van der Waals surface area contributed by atoms with Gasteiger partial charge in [0.05, 0.1) is 12.2 Å². The second kappa shape index (κ2) is 10.0. The number of hydrogen-bond acceptors (Lipinski definition) is 5. The average Bonchev–Trinajstić information content (AvgIpc) is 2.79. The Kier molecular flexibility index (Phi) is 6.95. The van der Waals surface area contributed by atoms with Crippen molar-refractivity contribution in [3.8, 4) is 0 Å². The summed E-state index contributed by atoms with van der Waals surface area (Å²) < 4.78 is 5.71. The predicted octanol–water partition coefficient (Wildman–Crippen LogP) is 3.54. The number of piperazine rings is 1. The van der Waals surface area contributed by atoms with Crippen LogP contribution in [0.5, 0.6) is 0 Å². The van der Waals surface area contributed by atoms with Crippen LogP contribution in [0.4, 0.5) is 0 Å². The van der Waals surface area contributed by atoms with Crippen LogP contribution in [-0.2, 0) is 4.74 Å². The van der Waals surface area contributed by atoms with Crippen LogP contribution in [-0.4, -0.2) is 73.4 Å². The number of carbonyl (C=O) groups is 1. The molecule has 158 valence electrons. The van der Waals surface area contributed by atoms with Gasteiger partial charge in [-0.15, -0.1) is 0 Å². The molecular formula is C25H30N2O3. The lowest BCUT2D eigenvalue weighted by atomic mass is 9.97. The third-order valence-corrected chi connectivity index (χ3v) is 5.92. The first kappa shape index (κ1) is 20.8. The van der Waals surface area contributed by atoms with E-state index < -0.39 is 0 Å². The number of aliphatic hydroxyl groups excluding tert-OH is 1. The minimum atomic E-state index is -0.239. The van der Waals surface area contributed by atoms with Crippen LogP contribution in [0.2, 0.25) is 0 Å². The van der Waals surface area contributed by atoms with Crippen LogP contribution in [0.15, 0.2) is 54.6 Å². The zero-order valence-corrected chi connectivity index (χ0v) is 17.4. The molecule has 1 saturated heterocycles. The highest BCUT2D eigenvalue weighted by Gasteiger charge is 2.18. The number of ether oxygens (including phenoxy) is 1. The van der Waals surface area contributed by atoms with Gasteiger partial charge in [0.1, 0.15) is 0 Å². The molecule has 0 aromatic heterocycles. The third-order valence-electron chi connectivity index (χ3n) is 5.92. The molecule has 1 N–H and O–H groups in total. The number of fused-ring (bicyclic) bond motifs is 2. The van der Waals surface area contributed by atoms with Crippen molar-refractivity contribution in [1.82, 2.24) is 9.80 Å². The van der Waals surface area contributed by atoms with Crippen LogP contribution < -0.4 is 0 Å². The van der Waals surface area contributed by atoms with E-state index in [2.05, 4.69) is 15.9 Å². The van der Waals surface area contributed by atoms with E-state index in [9.17, 15) is 4.79 Å². The number of rotatable bonds is 8. The monoisotopic (exact) mass is 406 g/mol. The minimum Gasteiger partial charge on any atom is -0.462 e. The summed E-state index contributed by atoms with van der Waals surface area (Å²) in [6, 6.07) is 18.1. The maximum Gasteiger partial charge on any atom is 0.339 e. The maximum absolute atomic E-state index is 13.0. The molecular weight excluding hydrogens is 376 g/mol. The summed E-state index contributed by atoms with van der Waals surface area (Å²) in [6.45, 7) is 6.77. The summed E-state index contributed by atoms with van der Waals surface area (Å²) >= 11 is 0. The second-order valence-corrected chi connectivity index (χ2v) is 7.94. The lowest BCUT2D eigenvalue weighted by Crippen LogP contribution is -2.47. The van der Waals surface area contributed by atoms with Crippen molar-refractivity contribution in [1.29, 1.82) is 0 Å². The van der Waals surface area contributed by atoms with E-state index >= 15 is 0 Å². The molecule has 3 aromatic rings. The summed E-state index contributed by atoms with van der Waals surface area (Å²) in [5, 5.41) is 13.0. The van der Waals surface area contributed by atoms with E-state index in [1.54, 1.807) is 0 Å². The number of benzene rings is 3. The number of carbonyl (C=O) groups excluding carboxylic acids is 1. The van der Waals surface area contributed by atoms with Crippen LogP contribution in [0, 0.1) is 0 Å². The first-order valence-corrected chi connectivity index (χ1v) is 10.9. The summed E-state index contributed by atoms with van der Waals surface area (Å²) in [5.41, 5.74) is 0.668. The molecule has 0 atom stereocenters. The van der Waals surface area contributed by atoms with Crippen LogP contribution in [0.1, 0.15) is 23.2 Å². The van der Waals surface area contributed by atoms with Gasteiger partial charge in [-0.05, 0) is 40.5 Å².